The molecule has 1 N–H and O–H groups in total. The van der Waals surface area contributed by atoms with E-state index in [1.165, 1.54) is 0 Å². The molecule has 0 spiro atoms. The lowest BCUT2D eigenvalue weighted by molar-refractivity contribution is 0.207. The number of aromatic nitrogens is 1. The minimum Gasteiger partial charge on any atom is -0.494 e. The average Bonchev–Trinajstić information content (AvgIpc) is 3.14. The van der Waals surface area contributed by atoms with E-state index < -0.39 is 0 Å². The van der Waals surface area contributed by atoms with Gasteiger partial charge in [0.25, 0.3) is 6.01 Å². The van der Waals surface area contributed by atoms with Crippen LogP contribution in [-0.4, -0.2) is 48.7 Å². The van der Waals surface area contributed by atoms with Gasteiger partial charge < -0.3 is 24.3 Å². The number of para-hydroxylation sites is 2. The van der Waals surface area contributed by atoms with E-state index in [2.05, 4.69) is 15.2 Å². The number of rotatable bonds is 4. The fourth-order valence-electron chi connectivity index (χ4n) is 3.10. The van der Waals surface area contributed by atoms with E-state index in [0.717, 1.165) is 22.5 Å². The lowest BCUT2D eigenvalue weighted by Gasteiger charge is -2.33. The SMILES string of the molecule is CCOc1ccc(NC(=O)N2CCN(c3nc4ccccc4o3)CC2)cc1. The lowest BCUT2D eigenvalue weighted by Crippen LogP contribution is -2.50. The standard InChI is InChI=1S/C20H22N4O3/c1-2-26-16-9-7-15(8-10-16)21-19(25)23-11-13-24(14-12-23)20-22-17-5-3-4-6-18(17)27-20/h3-10H,2,11-14H2,1H3,(H,21,25). The second-order valence-corrected chi connectivity index (χ2v) is 6.33. The van der Waals surface area contributed by atoms with Gasteiger partial charge in [0.1, 0.15) is 11.3 Å². The molecule has 27 heavy (non-hydrogen) atoms. The Labute approximate surface area is 157 Å². The van der Waals surface area contributed by atoms with Gasteiger partial charge in [-0.2, -0.15) is 4.98 Å². The van der Waals surface area contributed by atoms with E-state index in [1.54, 1.807) is 4.90 Å². The molecule has 4 rings (SSSR count). The van der Waals surface area contributed by atoms with Crippen molar-refractivity contribution in [1.29, 1.82) is 0 Å². The molecule has 1 aromatic heterocycles. The molecule has 2 aromatic carbocycles. The second kappa shape index (κ2) is 7.57. The number of carbonyl (C=O) groups excluding carboxylic acids is 1. The third kappa shape index (κ3) is 3.81. The summed E-state index contributed by atoms with van der Waals surface area (Å²) in [5.74, 6) is 0.794. The summed E-state index contributed by atoms with van der Waals surface area (Å²) < 4.78 is 11.2. The molecule has 1 saturated heterocycles. The molecule has 1 aliphatic rings. The van der Waals surface area contributed by atoms with Crippen LogP contribution in [-0.2, 0) is 0 Å². The molecule has 3 aromatic rings. The second-order valence-electron chi connectivity index (χ2n) is 6.33. The molecule has 0 bridgehead atoms. The van der Waals surface area contributed by atoms with Crippen LogP contribution in [0, 0.1) is 0 Å². The van der Waals surface area contributed by atoms with E-state index in [1.807, 2.05) is 55.5 Å². The zero-order chi connectivity index (χ0) is 18.6. The Morgan fingerprint density at radius 1 is 1.11 bits per heavy atom. The quantitative estimate of drug-likeness (QED) is 0.764. The summed E-state index contributed by atoms with van der Waals surface area (Å²) in [5, 5.41) is 2.93. The summed E-state index contributed by atoms with van der Waals surface area (Å²) in [6.45, 7) is 5.16. The van der Waals surface area contributed by atoms with Gasteiger partial charge in [-0.05, 0) is 43.3 Å². The topological polar surface area (TPSA) is 70.8 Å². The summed E-state index contributed by atoms with van der Waals surface area (Å²) in [6, 6.07) is 15.6. The van der Waals surface area contributed by atoms with Gasteiger partial charge in [0, 0.05) is 31.9 Å². The van der Waals surface area contributed by atoms with Crippen LogP contribution >= 0.6 is 0 Å². The summed E-state index contributed by atoms with van der Waals surface area (Å²) in [7, 11) is 0. The third-order valence-corrected chi connectivity index (χ3v) is 4.54. The first-order valence-electron chi connectivity index (χ1n) is 9.12. The van der Waals surface area contributed by atoms with Crippen LogP contribution in [0.25, 0.3) is 11.1 Å². The predicted octanol–water partition coefficient (Wildman–Crippen LogP) is 3.58. The summed E-state index contributed by atoms with van der Waals surface area (Å²) in [4.78, 5) is 20.9. The van der Waals surface area contributed by atoms with Gasteiger partial charge in [0.05, 0.1) is 6.61 Å². The normalized spacial score (nSPS) is 14.4. The van der Waals surface area contributed by atoms with Gasteiger partial charge in [-0.1, -0.05) is 12.1 Å². The number of ether oxygens (including phenoxy) is 1. The monoisotopic (exact) mass is 366 g/mol. The summed E-state index contributed by atoms with van der Waals surface area (Å²) in [6.07, 6.45) is 0. The van der Waals surface area contributed by atoms with E-state index >= 15 is 0 Å². The molecule has 7 nitrogen and oxygen atoms in total. The third-order valence-electron chi connectivity index (χ3n) is 4.54. The molecule has 1 fully saturated rings. The predicted molar refractivity (Wildman–Crippen MR) is 104 cm³/mol. The van der Waals surface area contributed by atoms with E-state index in [4.69, 9.17) is 9.15 Å². The Balaban J connectivity index is 1.33. The Morgan fingerprint density at radius 3 is 2.56 bits per heavy atom. The molecule has 0 atom stereocenters. The Kier molecular flexibility index (Phi) is 4.82. The van der Waals surface area contributed by atoms with E-state index in [0.29, 0.717) is 38.8 Å². The highest BCUT2D eigenvalue weighted by Crippen LogP contribution is 2.23. The molecule has 7 heteroatoms. The van der Waals surface area contributed by atoms with Gasteiger partial charge in [0.2, 0.25) is 0 Å². The van der Waals surface area contributed by atoms with Crippen LogP contribution in [0.15, 0.2) is 52.9 Å². The van der Waals surface area contributed by atoms with Crippen molar-refractivity contribution >= 4 is 28.8 Å². The number of carbonyl (C=O) groups is 1. The van der Waals surface area contributed by atoms with Gasteiger partial charge in [-0.15, -0.1) is 0 Å². The van der Waals surface area contributed by atoms with E-state index in [-0.39, 0.29) is 6.03 Å². The zero-order valence-corrected chi connectivity index (χ0v) is 15.2. The van der Waals surface area contributed by atoms with Crippen LogP contribution in [0.5, 0.6) is 5.75 Å². The van der Waals surface area contributed by atoms with Gasteiger partial charge in [-0.25, -0.2) is 4.79 Å². The molecule has 2 heterocycles. The lowest BCUT2D eigenvalue weighted by atomic mass is 10.3. The number of fused-ring (bicyclic) bond motifs is 1. The molecule has 0 aliphatic carbocycles. The molecule has 2 amide bonds. The number of oxazole rings is 1. The van der Waals surface area contributed by atoms with Crippen molar-refractivity contribution in [3.05, 3.63) is 48.5 Å². The van der Waals surface area contributed by atoms with Crippen LogP contribution in [0.2, 0.25) is 0 Å². The molecule has 140 valence electrons. The molecular formula is C20H22N4O3. The van der Waals surface area contributed by atoms with Crippen molar-refractivity contribution in [2.24, 2.45) is 0 Å². The zero-order valence-electron chi connectivity index (χ0n) is 15.2. The first kappa shape index (κ1) is 17.2. The van der Waals surface area contributed by atoms with Crippen LogP contribution < -0.4 is 15.0 Å². The van der Waals surface area contributed by atoms with E-state index in [9.17, 15) is 4.79 Å². The van der Waals surface area contributed by atoms with Crippen LogP contribution in [0.3, 0.4) is 0 Å². The van der Waals surface area contributed by atoms with Crippen molar-refractivity contribution in [3.8, 4) is 5.75 Å². The Bertz CT molecular complexity index is 881. The molecular weight excluding hydrogens is 344 g/mol. The number of nitrogens with zero attached hydrogens (tertiary/aromatic N) is 3. The summed E-state index contributed by atoms with van der Waals surface area (Å²) >= 11 is 0. The number of amides is 2. The van der Waals surface area contributed by atoms with Gasteiger partial charge in [0.15, 0.2) is 5.58 Å². The van der Waals surface area contributed by atoms with Crippen molar-refractivity contribution < 1.29 is 13.9 Å². The fraction of sp³-hybridized carbons (Fsp3) is 0.300. The fourth-order valence-corrected chi connectivity index (χ4v) is 3.10. The number of anilines is 2. The first-order chi connectivity index (χ1) is 13.2. The average molecular weight is 366 g/mol. The molecule has 0 radical (unpaired) electrons. The number of urea groups is 1. The maximum atomic E-state index is 12.5. The number of hydrogen-bond acceptors (Lipinski definition) is 5. The smallest absolute Gasteiger partial charge is 0.321 e. The Hall–Kier alpha value is -3.22. The molecule has 0 unspecified atom stereocenters. The largest absolute Gasteiger partial charge is 0.494 e. The highest BCUT2D eigenvalue weighted by Gasteiger charge is 2.24. The summed E-state index contributed by atoms with van der Waals surface area (Å²) in [5.41, 5.74) is 2.39. The van der Waals surface area contributed by atoms with Crippen LogP contribution in [0.1, 0.15) is 6.92 Å². The molecule has 1 aliphatic heterocycles. The maximum absolute atomic E-state index is 12.5. The number of hydrogen-bond donors (Lipinski definition) is 1. The maximum Gasteiger partial charge on any atom is 0.321 e. The number of piperazine rings is 1. The highest BCUT2D eigenvalue weighted by molar-refractivity contribution is 5.89. The van der Waals surface area contributed by atoms with Crippen molar-refractivity contribution in [2.45, 2.75) is 6.92 Å². The van der Waals surface area contributed by atoms with Crippen molar-refractivity contribution in [2.75, 3.05) is 43.0 Å². The minimum absolute atomic E-state index is 0.101. The van der Waals surface area contributed by atoms with Gasteiger partial charge in [-0.3, -0.25) is 0 Å². The number of benzene rings is 2. The Morgan fingerprint density at radius 2 is 1.85 bits per heavy atom. The van der Waals surface area contributed by atoms with Crippen molar-refractivity contribution in [3.63, 3.8) is 0 Å². The van der Waals surface area contributed by atoms with Crippen molar-refractivity contribution in [1.82, 2.24) is 9.88 Å². The van der Waals surface area contributed by atoms with Crippen LogP contribution in [0.4, 0.5) is 16.5 Å². The van der Waals surface area contributed by atoms with Gasteiger partial charge >= 0.3 is 6.03 Å². The highest BCUT2D eigenvalue weighted by atomic mass is 16.5. The molecule has 0 saturated carbocycles. The minimum atomic E-state index is -0.101. The number of nitrogens with one attached hydrogen (secondary N) is 1. The first-order valence-corrected chi connectivity index (χ1v) is 9.12.